The Kier molecular flexibility index (Phi) is 3.85. The molecule has 18 heavy (non-hydrogen) atoms. The summed E-state index contributed by atoms with van der Waals surface area (Å²) in [5.74, 6) is 0.500. The molecule has 94 valence electrons. The maximum absolute atomic E-state index is 11.5. The standard InChI is InChI=1S/C11H13N5O2/c1-18-9-5-3-2-4-8(9)6-7-12-11(17)10-13-15-16-14-10/h2-5H,6-7H2,1H3,(H,12,17)(H,13,14,15,16). The Hall–Kier alpha value is -2.44. The predicted molar refractivity (Wildman–Crippen MR) is 63.2 cm³/mol. The second-order valence-corrected chi connectivity index (χ2v) is 3.55. The summed E-state index contributed by atoms with van der Waals surface area (Å²) >= 11 is 0. The van der Waals surface area contributed by atoms with Crippen molar-refractivity contribution >= 4 is 5.91 Å². The van der Waals surface area contributed by atoms with Gasteiger partial charge in [0.15, 0.2) is 0 Å². The van der Waals surface area contributed by atoms with E-state index in [0.717, 1.165) is 11.3 Å². The Labute approximate surface area is 104 Å². The van der Waals surface area contributed by atoms with Crippen LogP contribution in [0.1, 0.15) is 16.2 Å². The molecule has 2 aromatic rings. The quantitative estimate of drug-likeness (QED) is 0.786. The highest BCUT2D eigenvalue weighted by Crippen LogP contribution is 2.17. The summed E-state index contributed by atoms with van der Waals surface area (Å²) in [6.07, 6.45) is 0.674. The van der Waals surface area contributed by atoms with Gasteiger partial charge in [-0.25, -0.2) is 0 Å². The number of H-pyrrole nitrogens is 1. The van der Waals surface area contributed by atoms with Gasteiger partial charge in [-0.05, 0) is 23.3 Å². The molecule has 1 aromatic carbocycles. The Bertz CT molecular complexity index is 512. The summed E-state index contributed by atoms with van der Waals surface area (Å²) < 4.78 is 5.22. The molecule has 1 amide bonds. The Morgan fingerprint density at radius 2 is 2.28 bits per heavy atom. The molecule has 7 nitrogen and oxygen atoms in total. The molecule has 0 saturated carbocycles. The summed E-state index contributed by atoms with van der Waals surface area (Å²) in [6, 6.07) is 7.68. The number of methoxy groups -OCH3 is 1. The summed E-state index contributed by atoms with van der Waals surface area (Å²) in [4.78, 5) is 11.5. The third kappa shape index (κ3) is 2.82. The second kappa shape index (κ2) is 5.76. The lowest BCUT2D eigenvalue weighted by molar-refractivity contribution is 0.0943. The van der Waals surface area contributed by atoms with Crippen LogP contribution in [0, 0.1) is 0 Å². The lowest BCUT2D eigenvalue weighted by atomic mass is 10.1. The van der Waals surface area contributed by atoms with E-state index in [0.29, 0.717) is 13.0 Å². The van der Waals surface area contributed by atoms with Crippen LogP contribution in [0.3, 0.4) is 0 Å². The summed E-state index contributed by atoms with van der Waals surface area (Å²) in [7, 11) is 1.62. The number of nitrogens with zero attached hydrogens (tertiary/aromatic N) is 3. The van der Waals surface area contributed by atoms with E-state index in [4.69, 9.17) is 4.74 Å². The molecule has 0 aliphatic heterocycles. The molecule has 0 atom stereocenters. The van der Waals surface area contributed by atoms with Crippen molar-refractivity contribution < 1.29 is 9.53 Å². The van der Waals surface area contributed by atoms with Crippen molar-refractivity contribution in [1.82, 2.24) is 25.9 Å². The van der Waals surface area contributed by atoms with Gasteiger partial charge in [-0.15, -0.1) is 10.2 Å². The molecule has 0 bridgehead atoms. The molecule has 7 heteroatoms. The topological polar surface area (TPSA) is 92.8 Å². The van der Waals surface area contributed by atoms with Crippen LogP contribution in [0.15, 0.2) is 24.3 Å². The lowest BCUT2D eigenvalue weighted by Crippen LogP contribution is -2.26. The van der Waals surface area contributed by atoms with Crippen LogP contribution in [0.5, 0.6) is 5.75 Å². The number of benzene rings is 1. The first-order chi connectivity index (χ1) is 8.81. The number of nitrogens with one attached hydrogen (secondary N) is 2. The average Bonchev–Trinajstić information content (AvgIpc) is 2.93. The van der Waals surface area contributed by atoms with Crippen molar-refractivity contribution in [3.05, 3.63) is 35.7 Å². The summed E-state index contributed by atoms with van der Waals surface area (Å²) in [6.45, 7) is 0.480. The fraction of sp³-hybridized carbons (Fsp3) is 0.273. The highest BCUT2D eigenvalue weighted by molar-refractivity contribution is 5.89. The minimum atomic E-state index is -0.348. The summed E-state index contributed by atoms with van der Waals surface area (Å²) in [5.41, 5.74) is 1.04. The Morgan fingerprint density at radius 1 is 1.44 bits per heavy atom. The number of aromatic amines is 1. The van der Waals surface area contributed by atoms with Gasteiger partial charge >= 0.3 is 0 Å². The number of hydrogen-bond acceptors (Lipinski definition) is 5. The van der Waals surface area contributed by atoms with Gasteiger partial charge in [0.2, 0.25) is 0 Å². The average molecular weight is 247 g/mol. The molecular weight excluding hydrogens is 234 g/mol. The minimum absolute atomic E-state index is 0.0371. The first-order valence-corrected chi connectivity index (χ1v) is 5.45. The number of para-hydroxylation sites is 1. The van der Waals surface area contributed by atoms with Gasteiger partial charge in [0.1, 0.15) is 5.75 Å². The molecule has 0 aliphatic carbocycles. The second-order valence-electron chi connectivity index (χ2n) is 3.55. The molecule has 1 heterocycles. The zero-order chi connectivity index (χ0) is 12.8. The molecule has 0 aliphatic rings. The molecule has 0 spiro atoms. The smallest absolute Gasteiger partial charge is 0.292 e. The first kappa shape index (κ1) is 12.0. The van der Waals surface area contributed by atoms with E-state index in [1.807, 2.05) is 24.3 Å². The van der Waals surface area contributed by atoms with E-state index in [9.17, 15) is 4.79 Å². The van der Waals surface area contributed by atoms with Crippen molar-refractivity contribution in [2.75, 3.05) is 13.7 Å². The van der Waals surface area contributed by atoms with E-state index in [2.05, 4.69) is 25.9 Å². The predicted octanol–water partition coefficient (Wildman–Crippen LogP) is 0.181. The first-order valence-electron chi connectivity index (χ1n) is 5.45. The van der Waals surface area contributed by atoms with Crippen LogP contribution in [-0.4, -0.2) is 40.2 Å². The zero-order valence-electron chi connectivity index (χ0n) is 9.88. The maximum Gasteiger partial charge on any atom is 0.292 e. The van der Waals surface area contributed by atoms with E-state index in [1.54, 1.807) is 7.11 Å². The van der Waals surface area contributed by atoms with Gasteiger partial charge in [0.25, 0.3) is 11.7 Å². The Morgan fingerprint density at radius 3 is 3.00 bits per heavy atom. The molecular formula is C11H13N5O2. The van der Waals surface area contributed by atoms with Gasteiger partial charge in [0, 0.05) is 6.54 Å². The van der Waals surface area contributed by atoms with E-state index in [-0.39, 0.29) is 11.7 Å². The number of hydrogen-bond donors (Lipinski definition) is 2. The van der Waals surface area contributed by atoms with Gasteiger partial charge < -0.3 is 10.1 Å². The van der Waals surface area contributed by atoms with Gasteiger partial charge in [-0.1, -0.05) is 18.2 Å². The van der Waals surface area contributed by atoms with Gasteiger partial charge in [-0.2, -0.15) is 5.21 Å². The molecule has 0 saturated heterocycles. The number of amides is 1. The van der Waals surface area contributed by atoms with Crippen molar-refractivity contribution in [3.8, 4) is 5.75 Å². The van der Waals surface area contributed by atoms with Crippen LogP contribution >= 0.6 is 0 Å². The third-order valence-corrected chi connectivity index (χ3v) is 2.42. The van der Waals surface area contributed by atoms with Crippen molar-refractivity contribution in [2.45, 2.75) is 6.42 Å². The van der Waals surface area contributed by atoms with Gasteiger partial charge in [-0.3, -0.25) is 4.79 Å². The van der Waals surface area contributed by atoms with E-state index >= 15 is 0 Å². The number of carbonyl (C=O) groups excluding carboxylic acids is 1. The number of tetrazole rings is 1. The minimum Gasteiger partial charge on any atom is -0.496 e. The van der Waals surface area contributed by atoms with Crippen molar-refractivity contribution in [2.24, 2.45) is 0 Å². The van der Waals surface area contributed by atoms with Crippen molar-refractivity contribution in [3.63, 3.8) is 0 Å². The van der Waals surface area contributed by atoms with Gasteiger partial charge in [0.05, 0.1) is 7.11 Å². The molecule has 0 radical (unpaired) electrons. The number of aromatic nitrogens is 4. The van der Waals surface area contributed by atoms with Crippen LogP contribution in [0.25, 0.3) is 0 Å². The van der Waals surface area contributed by atoms with Crippen LogP contribution < -0.4 is 10.1 Å². The number of rotatable bonds is 5. The molecule has 1 aromatic heterocycles. The largest absolute Gasteiger partial charge is 0.496 e. The summed E-state index contributed by atoms with van der Waals surface area (Å²) in [5, 5.41) is 15.4. The molecule has 0 fully saturated rings. The zero-order valence-corrected chi connectivity index (χ0v) is 9.88. The monoisotopic (exact) mass is 247 g/mol. The number of carbonyl (C=O) groups is 1. The Balaban J connectivity index is 1.87. The highest BCUT2D eigenvalue weighted by atomic mass is 16.5. The molecule has 2 rings (SSSR count). The van der Waals surface area contributed by atoms with E-state index < -0.39 is 0 Å². The highest BCUT2D eigenvalue weighted by Gasteiger charge is 2.09. The molecule has 2 N–H and O–H groups in total. The van der Waals surface area contributed by atoms with E-state index in [1.165, 1.54) is 0 Å². The SMILES string of the molecule is COc1ccccc1CCNC(=O)c1nn[nH]n1. The third-order valence-electron chi connectivity index (χ3n) is 2.42. The lowest BCUT2D eigenvalue weighted by Gasteiger charge is -2.08. The fourth-order valence-electron chi connectivity index (χ4n) is 1.56. The van der Waals surface area contributed by atoms with Crippen LogP contribution in [0.2, 0.25) is 0 Å². The normalized spacial score (nSPS) is 10.1. The van der Waals surface area contributed by atoms with Crippen molar-refractivity contribution in [1.29, 1.82) is 0 Å². The fourth-order valence-corrected chi connectivity index (χ4v) is 1.56. The van der Waals surface area contributed by atoms with Crippen LogP contribution in [0.4, 0.5) is 0 Å². The molecule has 0 unspecified atom stereocenters. The number of ether oxygens (including phenoxy) is 1. The maximum atomic E-state index is 11.5. The van der Waals surface area contributed by atoms with Crippen LogP contribution in [-0.2, 0) is 6.42 Å².